The van der Waals surface area contributed by atoms with Crippen LogP contribution in [0.5, 0.6) is 5.75 Å². The lowest BCUT2D eigenvalue weighted by atomic mass is 10.2. The molecule has 2 fully saturated rings. The summed E-state index contributed by atoms with van der Waals surface area (Å²) in [6.45, 7) is 8.73. The molecule has 2 saturated heterocycles. The molecule has 0 radical (unpaired) electrons. The van der Waals surface area contributed by atoms with E-state index in [2.05, 4.69) is 5.32 Å². The van der Waals surface area contributed by atoms with Crippen LogP contribution in [0.2, 0.25) is 0 Å². The quantitative estimate of drug-likeness (QED) is 0.507. The third-order valence-electron chi connectivity index (χ3n) is 5.73. The second-order valence-electron chi connectivity index (χ2n) is 7.49. The van der Waals surface area contributed by atoms with Crippen molar-refractivity contribution in [1.29, 1.82) is 0 Å². The van der Waals surface area contributed by atoms with Gasteiger partial charge in [-0.1, -0.05) is 12.1 Å². The predicted molar refractivity (Wildman–Crippen MR) is 105 cm³/mol. The molecule has 3 rings (SSSR count). The largest absolute Gasteiger partial charge is 0.495 e. The van der Waals surface area contributed by atoms with E-state index in [1.807, 2.05) is 36.1 Å². The second-order valence-corrected chi connectivity index (χ2v) is 7.49. The standard InChI is InChI=1S/C20H30N4O4/c1-16(20(26)21-17-5-3-4-6-18(17)27-2)23-9-7-22(8-10-23)15-19(25)24-11-13-28-14-12-24/h3-6,16H,7-15H2,1-2H3,(H,21,26)/p+2/t16-/m1/s1. The Balaban J connectivity index is 1.46. The molecule has 2 heterocycles. The normalized spacial score (nSPS) is 23.7. The maximum Gasteiger partial charge on any atom is 0.282 e. The minimum Gasteiger partial charge on any atom is -0.495 e. The van der Waals surface area contributed by atoms with Gasteiger partial charge in [-0.25, -0.2) is 0 Å². The van der Waals surface area contributed by atoms with Crippen LogP contribution in [-0.4, -0.2) is 88.9 Å². The first-order valence-electron chi connectivity index (χ1n) is 10.1. The number of rotatable bonds is 6. The van der Waals surface area contributed by atoms with E-state index in [-0.39, 0.29) is 17.9 Å². The van der Waals surface area contributed by atoms with Crippen LogP contribution in [0.1, 0.15) is 6.92 Å². The third-order valence-corrected chi connectivity index (χ3v) is 5.73. The molecule has 2 aliphatic rings. The van der Waals surface area contributed by atoms with Gasteiger partial charge in [-0.15, -0.1) is 0 Å². The van der Waals surface area contributed by atoms with E-state index in [1.54, 1.807) is 7.11 Å². The minimum atomic E-state index is -0.151. The van der Waals surface area contributed by atoms with Gasteiger partial charge in [0.1, 0.15) is 31.9 Å². The summed E-state index contributed by atoms with van der Waals surface area (Å²) in [4.78, 5) is 29.6. The van der Waals surface area contributed by atoms with E-state index in [4.69, 9.17) is 9.47 Å². The van der Waals surface area contributed by atoms with E-state index >= 15 is 0 Å². The summed E-state index contributed by atoms with van der Waals surface area (Å²) in [6.07, 6.45) is 0. The summed E-state index contributed by atoms with van der Waals surface area (Å²) >= 11 is 0. The number of nitrogens with zero attached hydrogens (tertiary/aromatic N) is 1. The van der Waals surface area contributed by atoms with Gasteiger partial charge < -0.3 is 29.5 Å². The first-order valence-corrected chi connectivity index (χ1v) is 10.1. The van der Waals surface area contributed by atoms with Gasteiger partial charge in [0.2, 0.25) is 0 Å². The van der Waals surface area contributed by atoms with Crippen LogP contribution in [0.3, 0.4) is 0 Å². The zero-order valence-electron chi connectivity index (χ0n) is 16.8. The van der Waals surface area contributed by atoms with E-state index in [0.29, 0.717) is 44.3 Å². The lowest BCUT2D eigenvalue weighted by molar-refractivity contribution is -1.01. The van der Waals surface area contributed by atoms with Crippen molar-refractivity contribution in [1.82, 2.24) is 4.90 Å². The highest BCUT2D eigenvalue weighted by Gasteiger charge is 2.33. The van der Waals surface area contributed by atoms with Crippen LogP contribution in [0.25, 0.3) is 0 Å². The molecule has 0 saturated carbocycles. The summed E-state index contributed by atoms with van der Waals surface area (Å²) in [5.74, 6) is 0.866. The first kappa shape index (κ1) is 20.6. The Morgan fingerprint density at radius 1 is 1.18 bits per heavy atom. The van der Waals surface area contributed by atoms with Gasteiger partial charge >= 0.3 is 0 Å². The highest BCUT2D eigenvalue weighted by atomic mass is 16.5. The van der Waals surface area contributed by atoms with Gasteiger partial charge in [0.05, 0.1) is 26.0 Å². The Hall–Kier alpha value is -2.16. The molecule has 0 aliphatic carbocycles. The third kappa shape index (κ3) is 5.21. The number of morpholine rings is 1. The number of piperazine rings is 1. The summed E-state index contributed by atoms with van der Waals surface area (Å²) in [5.41, 5.74) is 0.696. The summed E-state index contributed by atoms with van der Waals surface area (Å²) in [5, 5.41) is 2.98. The summed E-state index contributed by atoms with van der Waals surface area (Å²) < 4.78 is 10.6. The van der Waals surface area contributed by atoms with Crippen molar-refractivity contribution in [2.24, 2.45) is 0 Å². The van der Waals surface area contributed by atoms with Crippen molar-refractivity contribution >= 4 is 17.5 Å². The zero-order valence-corrected chi connectivity index (χ0v) is 16.8. The molecule has 1 atom stereocenters. The van der Waals surface area contributed by atoms with Crippen molar-refractivity contribution < 1.29 is 28.9 Å². The lowest BCUT2D eigenvalue weighted by Crippen LogP contribution is -3.30. The number of nitrogens with one attached hydrogen (secondary N) is 3. The number of carbonyl (C=O) groups excluding carboxylic acids is 2. The average molecular weight is 393 g/mol. The second kappa shape index (κ2) is 9.86. The van der Waals surface area contributed by atoms with Gasteiger partial charge in [-0.3, -0.25) is 9.59 Å². The Labute approximate surface area is 166 Å². The number of hydrogen-bond donors (Lipinski definition) is 3. The number of methoxy groups -OCH3 is 1. The minimum absolute atomic E-state index is 0.00709. The molecule has 0 aromatic heterocycles. The number of ether oxygens (including phenoxy) is 2. The molecule has 2 amide bonds. The number of carbonyl (C=O) groups is 2. The topological polar surface area (TPSA) is 76.8 Å². The molecule has 3 N–H and O–H groups in total. The molecule has 154 valence electrons. The zero-order chi connectivity index (χ0) is 19.9. The van der Waals surface area contributed by atoms with Crippen LogP contribution in [0.15, 0.2) is 24.3 Å². The number of anilines is 1. The molecule has 28 heavy (non-hydrogen) atoms. The fourth-order valence-corrected chi connectivity index (χ4v) is 3.85. The van der Waals surface area contributed by atoms with Gasteiger partial charge in [0.15, 0.2) is 12.6 Å². The Kier molecular flexibility index (Phi) is 7.24. The number of benzene rings is 1. The van der Waals surface area contributed by atoms with Crippen LogP contribution in [-0.2, 0) is 14.3 Å². The first-order chi connectivity index (χ1) is 13.6. The Morgan fingerprint density at radius 3 is 2.54 bits per heavy atom. The van der Waals surface area contributed by atoms with Crippen molar-refractivity contribution in [2.45, 2.75) is 13.0 Å². The SMILES string of the molecule is COc1ccccc1NC(=O)[C@@H](C)[NH+]1CC[NH+](CC(=O)N2CCOCC2)CC1. The average Bonchev–Trinajstić information content (AvgIpc) is 2.74. The Morgan fingerprint density at radius 2 is 1.86 bits per heavy atom. The number of amides is 2. The summed E-state index contributed by atoms with van der Waals surface area (Å²) in [7, 11) is 1.60. The molecule has 8 nitrogen and oxygen atoms in total. The molecule has 1 aromatic carbocycles. The molecular weight excluding hydrogens is 360 g/mol. The number of para-hydroxylation sites is 2. The molecule has 1 aromatic rings. The van der Waals surface area contributed by atoms with Gasteiger partial charge in [-0.05, 0) is 19.1 Å². The molecule has 0 bridgehead atoms. The van der Waals surface area contributed by atoms with Crippen LogP contribution >= 0.6 is 0 Å². The molecule has 0 unspecified atom stereocenters. The highest BCUT2D eigenvalue weighted by Crippen LogP contribution is 2.22. The van der Waals surface area contributed by atoms with Crippen molar-refractivity contribution in [3.63, 3.8) is 0 Å². The fraction of sp³-hybridized carbons (Fsp3) is 0.600. The molecule has 8 heteroatoms. The maximum atomic E-state index is 12.7. The predicted octanol–water partition coefficient (Wildman–Crippen LogP) is -2.34. The molecule has 2 aliphatic heterocycles. The monoisotopic (exact) mass is 392 g/mol. The van der Waals surface area contributed by atoms with E-state index in [1.165, 1.54) is 9.80 Å². The summed E-state index contributed by atoms with van der Waals surface area (Å²) in [6, 6.07) is 7.28. The van der Waals surface area contributed by atoms with Crippen molar-refractivity contribution in [3.8, 4) is 5.75 Å². The maximum absolute atomic E-state index is 12.7. The molecular formula is C20H32N4O4+2. The van der Waals surface area contributed by atoms with E-state index in [0.717, 1.165) is 26.2 Å². The van der Waals surface area contributed by atoms with Crippen LogP contribution in [0, 0.1) is 0 Å². The fourth-order valence-electron chi connectivity index (χ4n) is 3.85. The number of quaternary nitrogens is 2. The van der Waals surface area contributed by atoms with Crippen molar-refractivity contribution in [2.75, 3.05) is 71.5 Å². The smallest absolute Gasteiger partial charge is 0.282 e. The van der Waals surface area contributed by atoms with E-state index < -0.39 is 0 Å². The van der Waals surface area contributed by atoms with Gasteiger partial charge in [0.25, 0.3) is 11.8 Å². The Bertz CT molecular complexity index is 670. The van der Waals surface area contributed by atoms with Crippen molar-refractivity contribution in [3.05, 3.63) is 24.3 Å². The lowest BCUT2D eigenvalue weighted by Gasteiger charge is -2.34. The van der Waals surface area contributed by atoms with Gasteiger partial charge in [-0.2, -0.15) is 0 Å². The van der Waals surface area contributed by atoms with Gasteiger partial charge in [0, 0.05) is 13.1 Å². The number of hydrogen-bond acceptors (Lipinski definition) is 4. The molecule has 0 spiro atoms. The van der Waals surface area contributed by atoms with E-state index in [9.17, 15) is 9.59 Å². The highest BCUT2D eigenvalue weighted by molar-refractivity contribution is 5.94. The van der Waals surface area contributed by atoms with Crippen LogP contribution in [0.4, 0.5) is 5.69 Å². The van der Waals surface area contributed by atoms with Crippen LogP contribution < -0.4 is 19.9 Å².